The van der Waals surface area contributed by atoms with Crippen molar-refractivity contribution >= 4 is 27.6 Å². The lowest BCUT2D eigenvalue weighted by atomic mass is 9.98. The SMILES string of the molecule is CCOC(=O)C1CCN(S(=O)(=O)c2ccc(NC(=O)c3ccccc3)c(C)c2)CC1. The Morgan fingerprint density at radius 2 is 1.77 bits per heavy atom. The van der Waals surface area contributed by atoms with Crippen LogP contribution >= 0.6 is 0 Å². The molecule has 30 heavy (non-hydrogen) atoms. The van der Waals surface area contributed by atoms with E-state index < -0.39 is 10.0 Å². The Labute approximate surface area is 177 Å². The summed E-state index contributed by atoms with van der Waals surface area (Å²) in [7, 11) is -3.67. The van der Waals surface area contributed by atoms with Gasteiger partial charge >= 0.3 is 5.97 Å². The number of piperidine rings is 1. The van der Waals surface area contributed by atoms with Crippen LogP contribution in [0.3, 0.4) is 0 Å². The van der Waals surface area contributed by atoms with Gasteiger partial charge in [-0.05, 0) is 62.6 Å². The van der Waals surface area contributed by atoms with Gasteiger partial charge in [0.1, 0.15) is 0 Å². The molecule has 0 bridgehead atoms. The van der Waals surface area contributed by atoms with E-state index in [1.807, 2.05) is 6.07 Å². The molecular formula is C22H26N2O5S. The summed E-state index contributed by atoms with van der Waals surface area (Å²) in [6.45, 7) is 4.39. The smallest absolute Gasteiger partial charge is 0.309 e. The normalized spacial score (nSPS) is 15.5. The van der Waals surface area contributed by atoms with Crippen LogP contribution in [0.25, 0.3) is 0 Å². The van der Waals surface area contributed by atoms with Gasteiger partial charge in [0, 0.05) is 24.3 Å². The zero-order valence-electron chi connectivity index (χ0n) is 17.1. The summed E-state index contributed by atoms with van der Waals surface area (Å²) in [6.07, 6.45) is 0.893. The average Bonchev–Trinajstić information content (AvgIpc) is 2.76. The molecule has 160 valence electrons. The van der Waals surface area contributed by atoms with Crippen LogP contribution in [-0.4, -0.2) is 44.3 Å². The van der Waals surface area contributed by atoms with E-state index in [1.54, 1.807) is 50.2 Å². The Morgan fingerprint density at radius 3 is 2.37 bits per heavy atom. The maximum absolute atomic E-state index is 13.0. The molecule has 0 spiro atoms. The van der Waals surface area contributed by atoms with E-state index in [9.17, 15) is 18.0 Å². The number of esters is 1. The van der Waals surface area contributed by atoms with Crippen LogP contribution < -0.4 is 5.32 Å². The molecule has 0 unspecified atom stereocenters. The first-order valence-electron chi connectivity index (χ1n) is 9.96. The Kier molecular flexibility index (Phi) is 6.89. The molecule has 8 heteroatoms. The molecule has 0 atom stereocenters. The molecule has 1 N–H and O–H groups in total. The van der Waals surface area contributed by atoms with Gasteiger partial charge in [-0.15, -0.1) is 0 Å². The highest BCUT2D eigenvalue weighted by Crippen LogP contribution is 2.27. The fraction of sp³-hybridized carbons (Fsp3) is 0.364. The van der Waals surface area contributed by atoms with Gasteiger partial charge in [0.15, 0.2) is 0 Å². The van der Waals surface area contributed by atoms with Crippen molar-refractivity contribution in [2.75, 3.05) is 25.0 Å². The standard InChI is InChI=1S/C22H26N2O5S/c1-3-29-22(26)18-11-13-24(14-12-18)30(27,28)19-9-10-20(16(2)15-19)23-21(25)17-7-5-4-6-8-17/h4-10,15,18H,3,11-14H2,1-2H3,(H,23,25). The fourth-order valence-corrected chi connectivity index (χ4v) is 5.02. The lowest BCUT2D eigenvalue weighted by Gasteiger charge is -2.30. The predicted octanol–water partition coefficient (Wildman–Crippen LogP) is 3.21. The minimum absolute atomic E-state index is 0.173. The number of carbonyl (C=O) groups is 2. The monoisotopic (exact) mass is 430 g/mol. The van der Waals surface area contributed by atoms with E-state index >= 15 is 0 Å². The van der Waals surface area contributed by atoms with Crippen LogP contribution in [0.4, 0.5) is 5.69 Å². The highest BCUT2D eigenvalue weighted by molar-refractivity contribution is 7.89. The van der Waals surface area contributed by atoms with E-state index in [0.717, 1.165) is 0 Å². The molecule has 3 rings (SSSR count). The molecule has 1 amide bonds. The van der Waals surface area contributed by atoms with Gasteiger partial charge in [-0.3, -0.25) is 9.59 Å². The van der Waals surface area contributed by atoms with Crippen LogP contribution in [0, 0.1) is 12.8 Å². The number of aryl methyl sites for hydroxylation is 1. The molecule has 2 aromatic rings. The van der Waals surface area contributed by atoms with Crippen molar-refractivity contribution in [2.24, 2.45) is 5.92 Å². The molecule has 0 saturated carbocycles. The maximum atomic E-state index is 13.0. The largest absolute Gasteiger partial charge is 0.466 e. The number of sulfonamides is 1. The van der Waals surface area contributed by atoms with Crippen LogP contribution in [0.1, 0.15) is 35.7 Å². The average molecular weight is 431 g/mol. The minimum Gasteiger partial charge on any atom is -0.466 e. The Morgan fingerprint density at radius 1 is 1.10 bits per heavy atom. The highest BCUT2D eigenvalue weighted by atomic mass is 32.2. The topological polar surface area (TPSA) is 92.8 Å². The number of nitrogens with one attached hydrogen (secondary N) is 1. The van der Waals surface area contributed by atoms with Crippen LogP contribution in [0.15, 0.2) is 53.4 Å². The minimum atomic E-state index is -3.67. The molecule has 0 aromatic heterocycles. The summed E-state index contributed by atoms with van der Waals surface area (Å²) < 4.78 is 32.5. The molecule has 2 aromatic carbocycles. The Balaban J connectivity index is 1.69. The van der Waals surface area contributed by atoms with Gasteiger partial charge in [0.2, 0.25) is 10.0 Å². The number of hydrogen-bond acceptors (Lipinski definition) is 5. The first-order valence-corrected chi connectivity index (χ1v) is 11.4. The molecule has 1 aliphatic heterocycles. The van der Waals surface area contributed by atoms with E-state index in [1.165, 1.54) is 10.4 Å². The van der Waals surface area contributed by atoms with E-state index in [4.69, 9.17) is 4.74 Å². The summed E-state index contributed by atoms with van der Waals surface area (Å²) >= 11 is 0. The second kappa shape index (κ2) is 9.40. The van der Waals surface area contributed by atoms with Gasteiger partial charge in [-0.1, -0.05) is 18.2 Å². The first-order chi connectivity index (χ1) is 14.3. The third-order valence-electron chi connectivity index (χ3n) is 5.19. The van der Waals surface area contributed by atoms with Crippen molar-refractivity contribution in [3.05, 3.63) is 59.7 Å². The molecule has 7 nitrogen and oxygen atoms in total. The predicted molar refractivity (Wildman–Crippen MR) is 114 cm³/mol. The molecular weight excluding hydrogens is 404 g/mol. The van der Waals surface area contributed by atoms with Crippen molar-refractivity contribution in [1.82, 2.24) is 4.31 Å². The number of hydrogen-bond donors (Lipinski definition) is 1. The fourth-order valence-electron chi connectivity index (χ4n) is 3.46. The lowest BCUT2D eigenvalue weighted by Crippen LogP contribution is -2.40. The number of nitrogens with zero attached hydrogens (tertiary/aromatic N) is 1. The Hall–Kier alpha value is -2.71. The van der Waals surface area contributed by atoms with Gasteiger partial charge in [-0.25, -0.2) is 8.42 Å². The quantitative estimate of drug-likeness (QED) is 0.711. The third-order valence-corrected chi connectivity index (χ3v) is 7.09. The molecule has 1 saturated heterocycles. The lowest BCUT2D eigenvalue weighted by molar-refractivity contribution is -0.149. The van der Waals surface area contributed by atoms with Crippen molar-refractivity contribution < 1.29 is 22.7 Å². The van der Waals surface area contributed by atoms with Gasteiger partial charge in [-0.2, -0.15) is 4.31 Å². The van der Waals surface area contributed by atoms with Crippen LogP contribution in [0.2, 0.25) is 0 Å². The second-order valence-electron chi connectivity index (χ2n) is 7.23. The summed E-state index contributed by atoms with van der Waals surface area (Å²) in [5.41, 5.74) is 1.74. The third kappa shape index (κ3) is 4.88. The zero-order chi connectivity index (χ0) is 21.7. The number of rotatable bonds is 6. The summed E-state index contributed by atoms with van der Waals surface area (Å²) in [4.78, 5) is 24.4. The van der Waals surface area contributed by atoms with Gasteiger partial charge < -0.3 is 10.1 Å². The number of amides is 1. The number of carbonyl (C=O) groups excluding carboxylic acids is 2. The number of anilines is 1. The van der Waals surface area contributed by atoms with E-state index in [2.05, 4.69) is 5.32 Å². The van der Waals surface area contributed by atoms with Crippen LogP contribution in [-0.2, 0) is 19.6 Å². The molecule has 1 fully saturated rings. The van der Waals surface area contributed by atoms with Crippen molar-refractivity contribution in [2.45, 2.75) is 31.6 Å². The van der Waals surface area contributed by atoms with Crippen LogP contribution in [0.5, 0.6) is 0 Å². The van der Waals surface area contributed by atoms with Crippen molar-refractivity contribution in [1.29, 1.82) is 0 Å². The van der Waals surface area contributed by atoms with Crippen molar-refractivity contribution in [3.63, 3.8) is 0 Å². The van der Waals surface area contributed by atoms with Gasteiger partial charge in [0.25, 0.3) is 5.91 Å². The maximum Gasteiger partial charge on any atom is 0.309 e. The molecule has 1 aliphatic rings. The molecule has 0 radical (unpaired) electrons. The Bertz CT molecular complexity index is 1010. The number of ether oxygens (including phenoxy) is 1. The summed E-state index contributed by atoms with van der Waals surface area (Å²) in [6, 6.07) is 13.5. The van der Waals surface area contributed by atoms with Crippen molar-refractivity contribution in [3.8, 4) is 0 Å². The molecule has 0 aliphatic carbocycles. The van der Waals surface area contributed by atoms with Gasteiger partial charge in [0.05, 0.1) is 17.4 Å². The van der Waals surface area contributed by atoms with E-state index in [0.29, 0.717) is 36.3 Å². The highest BCUT2D eigenvalue weighted by Gasteiger charge is 2.32. The second-order valence-corrected chi connectivity index (χ2v) is 9.17. The number of benzene rings is 2. The zero-order valence-corrected chi connectivity index (χ0v) is 17.9. The summed E-state index contributed by atoms with van der Waals surface area (Å²) in [5, 5.41) is 2.82. The first kappa shape index (κ1) is 22.0. The van der Waals surface area contributed by atoms with E-state index in [-0.39, 0.29) is 35.8 Å². The molecule has 1 heterocycles. The summed E-state index contributed by atoms with van der Waals surface area (Å²) in [5.74, 6) is -0.770.